The van der Waals surface area contributed by atoms with Crippen LogP contribution in [0.5, 0.6) is 0 Å². The van der Waals surface area contributed by atoms with Crippen LogP contribution in [-0.4, -0.2) is 48.2 Å². The molecule has 23 heavy (non-hydrogen) atoms. The molecule has 1 heterocycles. The number of nitrogens with one attached hydrogen (secondary N) is 1. The first kappa shape index (κ1) is 19.7. The van der Waals surface area contributed by atoms with E-state index in [1.165, 1.54) is 6.07 Å². The smallest absolute Gasteiger partial charge is 0.375 e. The number of benzene rings is 1. The van der Waals surface area contributed by atoms with Gasteiger partial charge in [0, 0.05) is 30.6 Å². The first-order chi connectivity index (χ1) is 10.6. The van der Waals surface area contributed by atoms with Gasteiger partial charge in [0.15, 0.2) is 0 Å². The van der Waals surface area contributed by atoms with Crippen LogP contribution in [0, 0.1) is 15.9 Å². The zero-order valence-electron chi connectivity index (χ0n) is 11.6. The van der Waals surface area contributed by atoms with Gasteiger partial charge in [-0.25, -0.2) is 0 Å². The van der Waals surface area contributed by atoms with Crippen LogP contribution in [0.2, 0.25) is 5.02 Å². The highest BCUT2D eigenvalue weighted by Crippen LogP contribution is 2.27. The normalized spacial score (nSPS) is 18.0. The summed E-state index contributed by atoms with van der Waals surface area (Å²) in [7, 11) is -4.67. The molecule has 1 atom stereocenters. The highest BCUT2D eigenvalue weighted by molar-refractivity contribution is 7.79. The van der Waals surface area contributed by atoms with Crippen LogP contribution in [-0.2, 0) is 21.6 Å². The fraction of sp³-hybridized carbons (Fsp3) is 0.455. The van der Waals surface area contributed by atoms with Crippen molar-refractivity contribution in [1.29, 1.82) is 0 Å². The molecule has 9 nitrogen and oxygen atoms in total. The minimum atomic E-state index is -4.67. The molecule has 1 aliphatic heterocycles. The molecule has 1 aliphatic rings. The van der Waals surface area contributed by atoms with Gasteiger partial charge in [0.25, 0.3) is 0 Å². The summed E-state index contributed by atoms with van der Waals surface area (Å²) in [6.45, 7) is 2.03. The maximum atomic E-state index is 13.3. The highest BCUT2D eigenvalue weighted by atomic mass is 35.5. The Morgan fingerprint density at radius 3 is 2.57 bits per heavy atom. The molecular weight excluding hydrogens is 359 g/mol. The summed E-state index contributed by atoms with van der Waals surface area (Å²) >= 11 is 5.89. The third-order valence-corrected chi connectivity index (χ3v) is 3.12. The first-order valence-electron chi connectivity index (χ1n) is 6.22. The molecule has 130 valence electrons. The van der Waals surface area contributed by atoms with E-state index in [2.05, 4.69) is 5.32 Å². The van der Waals surface area contributed by atoms with E-state index in [1.54, 1.807) is 0 Å². The minimum Gasteiger partial charge on any atom is -0.375 e. The third kappa shape index (κ3) is 7.63. The number of nitro benzene ring substituents is 1. The molecule has 1 saturated heterocycles. The predicted molar refractivity (Wildman–Crippen MR) is 78.6 cm³/mol. The third-order valence-electron chi connectivity index (χ3n) is 2.76. The number of hydrogen-bond acceptors (Lipinski definition) is 6. The number of halogens is 2. The van der Waals surface area contributed by atoms with Crippen LogP contribution >= 0.6 is 11.6 Å². The number of morpholine rings is 1. The Morgan fingerprint density at radius 2 is 2.09 bits per heavy atom. The average molecular weight is 373 g/mol. The minimum absolute atomic E-state index is 0.0960. The van der Waals surface area contributed by atoms with Crippen molar-refractivity contribution in [3.63, 3.8) is 0 Å². The van der Waals surface area contributed by atoms with Gasteiger partial charge in [-0.05, 0) is 11.6 Å². The Balaban J connectivity index is 0.000000463. The fourth-order valence-corrected chi connectivity index (χ4v) is 2.10. The van der Waals surface area contributed by atoms with Crippen LogP contribution in [0.3, 0.4) is 0 Å². The lowest BCUT2D eigenvalue weighted by atomic mass is 10.1. The zero-order valence-corrected chi connectivity index (χ0v) is 13.2. The van der Waals surface area contributed by atoms with E-state index in [9.17, 15) is 14.5 Å². The summed E-state index contributed by atoms with van der Waals surface area (Å²) in [5, 5.41) is 14.0. The Bertz CT molecular complexity index is 657. The van der Waals surface area contributed by atoms with Crippen molar-refractivity contribution >= 4 is 27.7 Å². The Kier molecular flexibility index (Phi) is 7.25. The van der Waals surface area contributed by atoms with Crippen molar-refractivity contribution in [3.05, 3.63) is 38.7 Å². The van der Waals surface area contributed by atoms with Gasteiger partial charge in [0.05, 0.1) is 17.6 Å². The lowest BCUT2D eigenvalue weighted by molar-refractivity contribution is -0.387. The molecule has 0 aromatic heterocycles. The van der Waals surface area contributed by atoms with E-state index < -0.39 is 26.8 Å². The SMILES string of the molecule is O=S(=O)(O)O.O=[N+]([O-])c1cc(CC2CNCCO2)c(Cl)cc1F. The maximum Gasteiger partial charge on any atom is 0.394 e. The molecule has 0 spiro atoms. The molecule has 1 aromatic rings. The van der Waals surface area contributed by atoms with Crippen molar-refractivity contribution in [2.75, 3.05) is 19.7 Å². The summed E-state index contributed by atoms with van der Waals surface area (Å²) < 4.78 is 50.4. The second kappa shape index (κ2) is 8.47. The standard InChI is InChI=1S/C11H12ClFN2O3.H2O4S/c12-9-5-10(13)11(15(16)17)4-7(9)3-8-6-14-1-2-18-8;1-5(2,3)4/h4-5,8,14H,1-3,6H2;(H2,1,2,3,4). The highest BCUT2D eigenvalue weighted by Gasteiger charge is 2.21. The molecule has 0 radical (unpaired) electrons. The summed E-state index contributed by atoms with van der Waals surface area (Å²) in [6, 6.07) is 2.15. The molecule has 3 N–H and O–H groups in total. The van der Waals surface area contributed by atoms with Crippen molar-refractivity contribution in [3.8, 4) is 0 Å². The van der Waals surface area contributed by atoms with Crippen LogP contribution in [0.15, 0.2) is 12.1 Å². The van der Waals surface area contributed by atoms with Crippen molar-refractivity contribution in [2.45, 2.75) is 12.5 Å². The lowest BCUT2D eigenvalue weighted by Crippen LogP contribution is -2.39. The van der Waals surface area contributed by atoms with E-state index in [-0.39, 0.29) is 11.1 Å². The van der Waals surface area contributed by atoms with Gasteiger partial charge in [-0.1, -0.05) is 11.6 Å². The molecule has 1 unspecified atom stereocenters. The van der Waals surface area contributed by atoms with Gasteiger partial charge < -0.3 is 10.1 Å². The number of ether oxygens (including phenoxy) is 1. The molecule has 2 rings (SSSR count). The number of nitro groups is 1. The Morgan fingerprint density at radius 1 is 1.48 bits per heavy atom. The topological polar surface area (TPSA) is 139 Å². The molecule has 12 heteroatoms. The van der Waals surface area contributed by atoms with Gasteiger partial charge in [-0.2, -0.15) is 12.8 Å². The molecule has 0 aliphatic carbocycles. The molecule has 0 bridgehead atoms. The maximum absolute atomic E-state index is 13.3. The summed E-state index contributed by atoms with van der Waals surface area (Å²) in [6.07, 6.45) is 0.328. The number of nitrogens with zero attached hydrogens (tertiary/aromatic N) is 1. The quantitative estimate of drug-likeness (QED) is 0.409. The van der Waals surface area contributed by atoms with E-state index in [1.807, 2.05) is 0 Å². The monoisotopic (exact) mass is 372 g/mol. The van der Waals surface area contributed by atoms with Crippen LogP contribution < -0.4 is 5.32 Å². The largest absolute Gasteiger partial charge is 0.394 e. The van der Waals surface area contributed by atoms with E-state index >= 15 is 0 Å². The van der Waals surface area contributed by atoms with Gasteiger partial charge >= 0.3 is 16.1 Å². The van der Waals surface area contributed by atoms with E-state index in [4.69, 9.17) is 33.9 Å². The number of rotatable bonds is 3. The van der Waals surface area contributed by atoms with Gasteiger partial charge in [0.1, 0.15) is 0 Å². The van der Waals surface area contributed by atoms with Crippen molar-refractivity contribution in [1.82, 2.24) is 5.32 Å². The van der Waals surface area contributed by atoms with Gasteiger partial charge in [0.2, 0.25) is 5.82 Å². The van der Waals surface area contributed by atoms with Gasteiger partial charge in [-0.3, -0.25) is 19.2 Å². The number of hydrogen-bond donors (Lipinski definition) is 3. The summed E-state index contributed by atoms with van der Waals surface area (Å²) in [5.41, 5.74) is -0.0309. The summed E-state index contributed by atoms with van der Waals surface area (Å²) in [4.78, 5) is 9.90. The lowest BCUT2D eigenvalue weighted by Gasteiger charge is -2.23. The summed E-state index contributed by atoms with van der Waals surface area (Å²) in [5.74, 6) is -0.920. The van der Waals surface area contributed by atoms with Gasteiger partial charge in [-0.15, -0.1) is 0 Å². The van der Waals surface area contributed by atoms with Crippen LogP contribution in [0.1, 0.15) is 5.56 Å². The van der Waals surface area contributed by atoms with E-state index in [0.29, 0.717) is 25.1 Å². The average Bonchev–Trinajstić information content (AvgIpc) is 2.40. The van der Waals surface area contributed by atoms with Crippen molar-refractivity contribution < 1.29 is 31.6 Å². The Hall–Kier alpha value is -1.37. The molecular formula is C11H14ClFN2O7S. The first-order valence-corrected chi connectivity index (χ1v) is 8.00. The predicted octanol–water partition coefficient (Wildman–Crippen LogP) is 1.27. The fourth-order valence-electron chi connectivity index (χ4n) is 1.87. The molecule has 0 saturated carbocycles. The van der Waals surface area contributed by atoms with Crippen LogP contribution in [0.4, 0.5) is 10.1 Å². The second-order valence-electron chi connectivity index (χ2n) is 4.50. The Labute approximate surface area is 136 Å². The van der Waals surface area contributed by atoms with Crippen LogP contribution in [0.25, 0.3) is 0 Å². The molecule has 1 fully saturated rings. The molecule has 0 amide bonds. The van der Waals surface area contributed by atoms with E-state index in [0.717, 1.165) is 12.6 Å². The molecule has 1 aromatic carbocycles. The zero-order chi connectivity index (χ0) is 17.6. The van der Waals surface area contributed by atoms with Crippen molar-refractivity contribution in [2.24, 2.45) is 0 Å². The second-order valence-corrected chi connectivity index (χ2v) is 5.80.